The fraction of sp³-hybridized carbons (Fsp3) is 1.00. The number of unbranched alkanes of at least 4 members (excludes halogenated alkanes) is 13. The maximum atomic E-state index is 12.1. The van der Waals surface area contributed by atoms with Gasteiger partial charge >= 0.3 is 0 Å². The van der Waals surface area contributed by atoms with E-state index in [4.69, 9.17) is 0 Å². The molecule has 0 heterocycles. The molecule has 2 heteroatoms. The second kappa shape index (κ2) is 18.9. The van der Waals surface area contributed by atoms with E-state index in [9.17, 15) is 4.57 Å². The second-order valence-electron chi connectivity index (χ2n) is 8.16. The molecule has 25 heavy (non-hydrogen) atoms. The van der Waals surface area contributed by atoms with Crippen molar-refractivity contribution >= 4 is 8.46 Å². The zero-order chi connectivity index (χ0) is 18.6. The Kier molecular flexibility index (Phi) is 19.0. The molecule has 0 saturated carbocycles. The minimum Gasteiger partial charge on any atom is -0.274 e. The van der Waals surface area contributed by atoms with Gasteiger partial charge in [0, 0.05) is 0 Å². The van der Waals surface area contributed by atoms with Crippen LogP contribution in [-0.2, 0) is 4.57 Å². The fourth-order valence-corrected chi connectivity index (χ4v) is 4.61. The Labute approximate surface area is 161 Å². The maximum Gasteiger partial charge on any atom is 0.162 e. The summed E-state index contributed by atoms with van der Waals surface area (Å²) >= 11 is 0. The third-order valence-corrected chi connectivity index (χ3v) is 6.74. The van der Waals surface area contributed by atoms with Gasteiger partial charge in [0.1, 0.15) is 0 Å². The van der Waals surface area contributed by atoms with E-state index in [1.54, 1.807) is 0 Å². The van der Waals surface area contributed by atoms with Gasteiger partial charge in [0.25, 0.3) is 0 Å². The van der Waals surface area contributed by atoms with Crippen LogP contribution in [-0.4, -0.2) is 5.16 Å². The largest absolute Gasteiger partial charge is 0.274 e. The lowest BCUT2D eigenvalue weighted by molar-refractivity contribution is 0.390. The van der Waals surface area contributed by atoms with Gasteiger partial charge in [0.2, 0.25) is 0 Å². The standard InChI is InChI=1S/C23H47OP/c1-4-7-10-13-16-19-22-23(25-24,20-17-14-11-8-5-2)21-18-15-12-9-6-3/h4-22H2,1-3H3. The second-order valence-corrected chi connectivity index (χ2v) is 9.29. The Morgan fingerprint density at radius 2 is 0.760 bits per heavy atom. The lowest BCUT2D eigenvalue weighted by Crippen LogP contribution is -2.22. The Morgan fingerprint density at radius 3 is 1.04 bits per heavy atom. The molecule has 0 unspecified atom stereocenters. The first-order chi connectivity index (χ1) is 12.2. The van der Waals surface area contributed by atoms with Crippen molar-refractivity contribution in [3.63, 3.8) is 0 Å². The number of hydrogen-bond acceptors (Lipinski definition) is 1. The van der Waals surface area contributed by atoms with Crippen molar-refractivity contribution in [1.82, 2.24) is 0 Å². The molecule has 1 nitrogen and oxygen atoms in total. The van der Waals surface area contributed by atoms with Gasteiger partial charge in [-0.3, -0.25) is 4.57 Å². The molecular weight excluding hydrogens is 323 g/mol. The smallest absolute Gasteiger partial charge is 0.162 e. The first-order valence-electron chi connectivity index (χ1n) is 11.6. The van der Waals surface area contributed by atoms with Crippen molar-refractivity contribution in [2.45, 2.75) is 148 Å². The van der Waals surface area contributed by atoms with Crippen LogP contribution in [0, 0.1) is 0 Å². The minimum absolute atomic E-state index is 0.100. The van der Waals surface area contributed by atoms with E-state index in [2.05, 4.69) is 20.8 Å². The van der Waals surface area contributed by atoms with Gasteiger partial charge in [-0.05, 0) is 19.3 Å². The molecule has 0 saturated heterocycles. The van der Waals surface area contributed by atoms with Crippen LogP contribution in [0.25, 0.3) is 0 Å². The minimum atomic E-state index is 0.100. The molecule has 150 valence electrons. The van der Waals surface area contributed by atoms with E-state index in [1.807, 2.05) is 0 Å². The molecule has 0 bridgehead atoms. The van der Waals surface area contributed by atoms with Gasteiger partial charge in [-0.15, -0.1) is 0 Å². The fourth-order valence-electron chi connectivity index (χ4n) is 3.86. The van der Waals surface area contributed by atoms with Crippen molar-refractivity contribution in [2.24, 2.45) is 0 Å². The summed E-state index contributed by atoms with van der Waals surface area (Å²) in [6, 6.07) is 0. The van der Waals surface area contributed by atoms with E-state index >= 15 is 0 Å². The highest BCUT2D eigenvalue weighted by molar-refractivity contribution is 7.26. The molecule has 0 aliphatic rings. The molecule has 0 amide bonds. The summed E-state index contributed by atoms with van der Waals surface area (Å²) in [6.45, 7) is 6.82. The van der Waals surface area contributed by atoms with E-state index < -0.39 is 0 Å². The van der Waals surface area contributed by atoms with Gasteiger partial charge in [0.05, 0.1) is 5.16 Å². The molecule has 0 spiro atoms. The average Bonchev–Trinajstić information content (AvgIpc) is 2.63. The first-order valence-corrected chi connectivity index (χ1v) is 12.4. The molecule has 0 N–H and O–H groups in total. The first kappa shape index (κ1) is 25.1. The lowest BCUT2D eigenvalue weighted by atomic mass is 9.88. The van der Waals surface area contributed by atoms with E-state index in [-0.39, 0.29) is 5.16 Å². The summed E-state index contributed by atoms with van der Waals surface area (Å²) in [5.41, 5.74) is 0. The number of rotatable bonds is 20. The lowest BCUT2D eigenvalue weighted by Gasteiger charge is -2.27. The highest BCUT2D eigenvalue weighted by Crippen LogP contribution is 2.40. The normalized spacial score (nSPS) is 12.1. The molecule has 0 aliphatic carbocycles. The highest BCUT2D eigenvalue weighted by atomic mass is 31.1. The summed E-state index contributed by atoms with van der Waals surface area (Å²) in [5.74, 6) is 0. The summed E-state index contributed by atoms with van der Waals surface area (Å²) in [6.07, 6.45) is 24.9. The van der Waals surface area contributed by atoms with Gasteiger partial charge in [-0.2, -0.15) is 0 Å². The van der Waals surface area contributed by atoms with E-state index in [0.717, 1.165) is 0 Å². The number of hydrogen-bond donors (Lipinski definition) is 0. The van der Waals surface area contributed by atoms with Crippen molar-refractivity contribution < 1.29 is 4.57 Å². The quantitative estimate of drug-likeness (QED) is 0.154. The summed E-state index contributed by atoms with van der Waals surface area (Å²) < 4.78 is 12.1. The van der Waals surface area contributed by atoms with E-state index in [0.29, 0.717) is 8.46 Å². The SMILES string of the molecule is CCCCCCCCC(CCCCCCC)(CCCCCCC)P=O. The van der Waals surface area contributed by atoms with Crippen LogP contribution in [0.15, 0.2) is 0 Å². The van der Waals surface area contributed by atoms with Crippen molar-refractivity contribution in [3.05, 3.63) is 0 Å². The molecule has 0 aromatic rings. The molecule has 0 rings (SSSR count). The van der Waals surface area contributed by atoms with Crippen LogP contribution < -0.4 is 0 Å². The van der Waals surface area contributed by atoms with Gasteiger partial charge in [0.15, 0.2) is 8.46 Å². The Hall–Kier alpha value is 0.100. The summed E-state index contributed by atoms with van der Waals surface area (Å²) in [4.78, 5) is 0. The van der Waals surface area contributed by atoms with Gasteiger partial charge in [-0.1, -0.05) is 124 Å². The van der Waals surface area contributed by atoms with Crippen LogP contribution in [0.2, 0.25) is 0 Å². The van der Waals surface area contributed by atoms with Gasteiger partial charge in [-0.25, -0.2) is 0 Å². The molecular formula is C23H47OP. The Bertz CT molecular complexity index is 263. The summed E-state index contributed by atoms with van der Waals surface area (Å²) in [7, 11) is 0.435. The monoisotopic (exact) mass is 370 g/mol. The predicted molar refractivity (Wildman–Crippen MR) is 115 cm³/mol. The zero-order valence-corrected chi connectivity index (χ0v) is 18.7. The van der Waals surface area contributed by atoms with Crippen molar-refractivity contribution in [3.8, 4) is 0 Å². The molecule has 0 atom stereocenters. The molecule has 0 radical (unpaired) electrons. The topological polar surface area (TPSA) is 17.1 Å². The Morgan fingerprint density at radius 1 is 0.480 bits per heavy atom. The van der Waals surface area contributed by atoms with Gasteiger partial charge < -0.3 is 0 Å². The third-order valence-electron chi connectivity index (χ3n) is 5.68. The highest BCUT2D eigenvalue weighted by Gasteiger charge is 2.29. The maximum absolute atomic E-state index is 12.1. The molecule has 0 fully saturated rings. The molecule has 0 aliphatic heterocycles. The molecule has 0 aromatic carbocycles. The Balaban J connectivity index is 4.25. The third kappa shape index (κ3) is 14.9. The van der Waals surface area contributed by atoms with Crippen LogP contribution in [0.3, 0.4) is 0 Å². The van der Waals surface area contributed by atoms with Crippen LogP contribution in [0.5, 0.6) is 0 Å². The van der Waals surface area contributed by atoms with Crippen molar-refractivity contribution in [2.75, 3.05) is 0 Å². The summed E-state index contributed by atoms with van der Waals surface area (Å²) in [5, 5.41) is 0.100. The predicted octanol–water partition coefficient (Wildman–Crippen LogP) is 9.49. The van der Waals surface area contributed by atoms with Crippen LogP contribution >= 0.6 is 8.46 Å². The van der Waals surface area contributed by atoms with Crippen LogP contribution in [0.4, 0.5) is 0 Å². The molecule has 0 aromatic heterocycles. The van der Waals surface area contributed by atoms with Crippen molar-refractivity contribution in [1.29, 1.82) is 0 Å². The zero-order valence-electron chi connectivity index (χ0n) is 17.8. The average molecular weight is 371 g/mol. The van der Waals surface area contributed by atoms with Crippen LogP contribution in [0.1, 0.15) is 143 Å². The van der Waals surface area contributed by atoms with E-state index in [1.165, 1.54) is 122 Å².